The van der Waals surface area contributed by atoms with E-state index in [0.717, 1.165) is 32.1 Å². The standard InChI is InChI=1S/C14H20O2S/c1-3-11-6-7-12(17-11)10-13(15)14(16-2)8-4-5-9-14/h6-7H,3-5,8-10H2,1-2H3. The van der Waals surface area contributed by atoms with Crippen molar-refractivity contribution in [1.82, 2.24) is 0 Å². The SMILES string of the molecule is CCc1ccc(CC(=O)C2(OC)CCCC2)s1. The molecule has 0 N–H and O–H groups in total. The summed E-state index contributed by atoms with van der Waals surface area (Å²) in [4.78, 5) is 14.9. The molecule has 1 saturated carbocycles. The number of ether oxygens (including phenoxy) is 1. The quantitative estimate of drug-likeness (QED) is 0.803. The molecule has 3 heteroatoms. The molecule has 0 amide bonds. The lowest BCUT2D eigenvalue weighted by Crippen LogP contribution is -2.38. The van der Waals surface area contributed by atoms with E-state index in [0.29, 0.717) is 6.42 Å². The number of Topliss-reactive ketones (excluding diaryl/α,β-unsaturated/α-hetero) is 1. The summed E-state index contributed by atoms with van der Waals surface area (Å²) in [5.41, 5.74) is -0.476. The minimum Gasteiger partial charge on any atom is -0.370 e. The summed E-state index contributed by atoms with van der Waals surface area (Å²) in [6, 6.07) is 4.21. The van der Waals surface area contributed by atoms with Gasteiger partial charge in [0, 0.05) is 23.3 Å². The first-order chi connectivity index (χ1) is 8.20. The summed E-state index contributed by atoms with van der Waals surface area (Å²) in [7, 11) is 1.68. The van der Waals surface area contributed by atoms with E-state index in [1.165, 1.54) is 9.75 Å². The minimum absolute atomic E-state index is 0.266. The molecule has 0 radical (unpaired) electrons. The van der Waals surface area contributed by atoms with Gasteiger partial charge in [0.15, 0.2) is 5.78 Å². The summed E-state index contributed by atoms with van der Waals surface area (Å²) < 4.78 is 5.52. The molecular formula is C14H20O2S. The van der Waals surface area contributed by atoms with Gasteiger partial charge in [-0.1, -0.05) is 6.92 Å². The van der Waals surface area contributed by atoms with Crippen LogP contribution in [0.5, 0.6) is 0 Å². The summed E-state index contributed by atoms with van der Waals surface area (Å²) in [5, 5.41) is 0. The van der Waals surface area contributed by atoms with Gasteiger partial charge in [0.25, 0.3) is 0 Å². The molecule has 1 aromatic heterocycles. The van der Waals surface area contributed by atoms with E-state index in [-0.39, 0.29) is 5.78 Å². The molecule has 17 heavy (non-hydrogen) atoms. The number of carbonyl (C=O) groups is 1. The highest BCUT2D eigenvalue weighted by Gasteiger charge is 2.40. The molecule has 2 nitrogen and oxygen atoms in total. The maximum atomic E-state index is 12.3. The number of aryl methyl sites for hydroxylation is 1. The Morgan fingerprint density at radius 3 is 2.53 bits per heavy atom. The van der Waals surface area contributed by atoms with Crippen LogP contribution in [0.1, 0.15) is 42.4 Å². The predicted octanol–water partition coefficient (Wildman–Crippen LogP) is 3.38. The molecule has 1 fully saturated rings. The summed E-state index contributed by atoms with van der Waals surface area (Å²) in [5.74, 6) is 0.266. The second-order valence-electron chi connectivity index (χ2n) is 4.73. The molecule has 0 saturated heterocycles. The third-order valence-electron chi connectivity index (χ3n) is 3.71. The van der Waals surface area contributed by atoms with Crippen molar-refractivity contribution in [3.05, 3.63) is 21.9 Å². The highest BCUT2D eigenvalue weighted by Crippen LogP contribution is 2.35. The van der Waals surface area contributed by atoms with Crippen molar-refractivity contribution in [1.29, 1.82) is 0 Å². The van der Waals surface area contributed by atoms with Crippen molar-refractivity contribution in [2.75, 3.05) is 7.11 Å². The minimum atomic E-state index is -0.476. The Morgan fingerprint density at radius 1 is 1.35 bits per heavy atom. The molecule has 94 valence electrons. The lowest BCUT2D eigenvalue weighted by atomic mass is 9.93. The molecule has 0 unspecified atom stereocenters. The first kappa shape index (κ1) is 12.8. The van der Waals surface area contributed by atoms with Crippen LogP contribution in [0, 0.1) is 0 Å². The molecule has 1 aromatic rings. The van der Waals surface area contributed by atoms with Crippen molar-refractivity contribution in [3.8, 4) is 0 Å². The molecule has 1 heterocycles. The van der Waals surface area contributed by atoms with E-state index < -0.39 is 5.60 Å². The first-order valence-electron chi connectivity index (χ1n) is 6.36. The van der Waals surface area contributed by atoms with Gasteiger partial charge in [0.2, 0.25) is 0 Å². The van der Waals surface area contributed by atoms with Gasteiger partial charge >= 0.3 is 0 Å². The van der Waals surface area contributed by atoms with Crippen LogP contribution < -0.4 is 0 Å². The molecule has 0 aliphatic heterocycles. The van der Waals surface area contributed by atoms with Gasteiger partial charge in [-0.15, -0.1) is 11.3 Å². The van der Waals surface area contributed by atoms with Crippen LogP contribution in [0.15, 0.2) is 12.1 Å². The fraction of sp³-hybridized carbons (Fsp3) is 0.643. The van der Waals surface area contributed by atoms with Gasteiger partial charge in [-0.25, -0.2) is 0 Å². The lowest BCUT2D eigenvalue weighted by Gasteiger charge is -2.25. The van der Waals surface area contributed by atoms with Gasteiger partial charge in [0.05, 0.1) is 0 Å². The number of ketones is 1. The van der Waals surface area contributed by atoms with Gasteiger partial charge in [-0.2, -0.15) is 0 Å². The van der Waals surface area contributed by atoms with E-state index >= 15 is 0 Å². The van der Waals surface area contributed by atoms with Gasteiger partial charge in [-0.05, 0) is 44.2 Å². The number of carbonyl (C=O) groups excluding carboxylic acids is 1. The monoisotopic (exact) mass is 252 g/mol. The fourth-order valence-electron chi connectivity index (χ4n) is 2.57. The van der Waals surface area contributed by atoms with Crippen LogP contribution in [0.25, 0.3) is 0 Å². The average Bonchev–Trinajstić information content (AvgIpc) is 2.97. The van der Waals surface area contributed by atoms with Gasteiger partial charge < -0.3 is 4.74 Å². The third-order valence-corrected chi connectivity index (χ3v) is 4.94. The molecular weight excluding hydrogens is 232 g/mol. The fourth-order valence-corrected chi connectivity index (χ4v) is 3.53. The second-order valence-corrected chi connectivity index (χ2v) is 5.98. The topological polar surface area (TPSA) is 26.3 Å². The van der Waals surface area contributed by atoms with E-state index in [9.17, 15) is 4.79 Å². The zero-order valence-electron chi connectivity index (χ0n) is 10.6. The smallest absolute Gasteiger partial charge is 0.169 e. The lowest BCUT2D eigenvalue weighted by molar-refractivity contribution is -0.139. The van der Waals surface area contributed by atoms with Crippen LogP contribution in [0.3, 0.4) is 0 Å². The second kappa shape index (κ2) is 5.32. The van der Waals surface area contributed by atoms with Crippen molar-refractivity contribution in [2.45, 2.75) is 51.0 Å². The molecule has 1 aliphatic rings. The Kier molecular flexibility index (Phi) is 4.00. The highest BCUT2D eigenvalue weighted by molar-refractivity contribution is 7.12. The molecule has 1 aliphatic carbocycles. The Balaban J connectivity index is 2.05. The molecule has 0 bridgehead atoms. The molecule has 0 spiro atoms. The largest absolute Gasteiger partial charge is 0.370 e. The number of hydrogen-bond acceptors (Lipinski definition) is 3. The maximum Gasteiger partial charge on any atom is 0.169 e. The average molecular weight is 252 g/mol. The van der Waals surface area contributed by atoms with Crippen molar-refractivity contribution < 1.29 is 9.53 Å². The number of rotatable bonds is 5. The number of methoxy groups -OCH3 is 1. The molecule has 0 atom stereocenters. The normalized spacial score (nSPS) is 18.5. The van der Waals surface area contributed by atoms with Crippen LogP contribution in [-0.2, 0) is 22.4 Å². The van der Waals surface area contributed by atoms with Crippen LogP contribution in [-0.4, -0.2) is 18.5 Å². The number of hydrogen-bond donors (Lipinski definition) is 0. The van der Waals surface area contributed by atoms with Crippen molar-refractivity contribution >= 4 is 17.1 Å². The van der Waals surface area contributed by atoms with E-state index in [4.69, 9.17) is 4.74 Å². The van der Waals surface area contributed by atoms with Crippen molar-refractivity contribution in [3.63, 3.8) is 0 Å². The Morgan fingerprint density at radius 2 is 2.00 bits per heavy atom. The summed E-state index contributed by atoms with van der Waals surface area (Å²) >= 11 is 1.75. The summed E-state index contributed by atoms with van der Waals surface area (Å²) in [6.07, 6.45) is 5.62. The van der Waals surface area contributed by atoms with Crippen LogP contribution in [0.2, 0.25) is 0 Å². The Hall–Kier alpha value is -0.670. The highest BCUT2D eigenvalue weighted by atomic mass is 32.1. The zero-order chi connectivity index (χ0) is 12.3. The third kappa shape index (κ3) is 2.61. The maximum absolute atomic E-state index is 12.3. The Bertz CT molecular complexity index is 389. The zero-order valence-corrected chi connectivity index (χ0v) is 11.4. The summed E-state index contributed by atoms with van der Waals surface area (Å²) in [6.45, 7) is 2.14. The first-order valence-corrected chi connectivity index (χ1v) is 7.18. The van der Waals surface area contributed by atoms with Crippen LogP contribution >= 0.6 is 11.3 Å². The van der Waals surface area contributed by atoms with Crippen molar-refractivity contribution in [2.24, 2.45) is 0 Å². The van der Waals surface area contributed by atoms with Crippen LogP contribution in [0.4, 0.5) is 0 Å². The van der Waals surface area contributed by atoms with E-state index in [1.54, 1.807) is 18.4 Å². The van der Waals surface area contributed by atoms with E-state index in [1.807, 2.05) is 0 Å². The molecule has 0 aromatic carbocycles. The Labute approximate surface area is 107 Å². The van der Waals surface area contributed by atoms with E-state index in [2.05, 4.69) is 19.1 Å². The molecule has 2 rings (SSSR count). The number of thiophene rings is 1. The predicted molar refractivity (Wildman–Crippen MR) is 70.6 cm³/mol. The van der Waals surface area contributed by atoms with Gasteiger partial charge in [-0.3, -0.25) is 4.79 Å². The van der Waals surface area contributed by atoms with Gasteiger partial charge in [0.1, 0.15) is 5.60 Å².